The molecule has 0 saturated carbocycles. The molecule has 0 aromatic heterocycles. The number of hydrogen-bond acceptors (Lipinski definition) is 4. The van der Waals surface area contributed by atoms with Gasteiger partial charge in [-0.2, -0.15) is 13.2 Å². The third kappa shape index (κ3) is 9.53. The van der Waals surface area contributed by atoms with Crippen molar-refractivity contribution in [3.05, 3.63) is 65.7 Å². The molecule has 2 aromatic rings. The molecule has 1 aliphatic heterocycles. The largest absolute Gasteiger partial charge is 0.490 e. The zero-order valence-electron chi connectivity index (χ0n) is 18.4. The van der Waals surface area contributed by atoms with E-state index in [1.165, 1.54) is 0 Å². The first kappa shape index (κ1) is 26.2. The first-order valence-electron chi connectivity index (χ1n) is 10.7. The summed E-state index contributed by atoms with van der Waals surface area (Å²) in [4.78, 5) is 21.3. The van der Waals surface area contributed by atoms with E-state index in [0.717, 1.165) is 42.8 Å². The molecule has 180 valence electrons. The van der Waals surface area contributed by atoms with Crippen molar-refractivity contribution in [3.8, 4) is 5.75 Å². The summed E-state index contributed by atoms with van der Waals surface area (Å²) in [6, 6.07) is 18.1. The molecule has 1 atom stereocenters. The molecular weight excluding hydrogens is 437 g/mol. The molecule has 0 spiro atoms. The van der Waals surface area contributed by atoms with E-state index in [-0.39, 0.29) is 11.8 Å². The fourth-order valence-corrected chi connectivity index (χ4v) is 3.35. The molecule has 9 heteroatoms. The van der Waals surface area contributed by atoms with E-state index in [1.54, 1.807) is 0 Å². The van der Waals surface area contributed by atoms with Gasteiger partial charge >= 0.3 is 12.1 Å². The number of halogens is 3. The van der Waals surface area contributed by atoms with Gasteiger partial charge in [0.05, 0.1) is 0 Å². The van der Waals surface area contributed by atoms with Crippen molar-refractivity contribution in [2.24, 2.45) is 11.8 Å². The summed E-state index contributed by atoms with van der Waals surface area (Å²) >= 11 is 0. The topological polar surface area (TPSA) is 87.7 Å². The molecule has 0 radical (unpaired) electrons. The second-order valence-corrected chi connectivity index (χ2v) is 7.82. The summed E-state index contributed by atoms with van der Waals surface area (Å²) in [5, 5.41) is 13.5. The SMILES string of the molecule is CC(C(=O)NCc1ccc(OCc2ccccc2)cc1)C1CCNCC1.O=C(O)C(F)(F)F. The highest BCUT2D eigenvalue weighted by Gasteiger charge is 2.38. The zero-order valence-corrected chi connectivity index (χ0v) is 18.4. The number of rotatable bonds is 7. The lowest BCUT2D eigenvalue weighted by Crippen LogP contribution is -2.38. The summed E-state index contributed by atoms with van der Waals surface area (Å²) < 4.78 is 37.5. The molecule has 1 aliphatic rings. The van der Waals surface area contributed by atoms with Crippen LogP contribution in [0.2, 0.25) is 0 Å². The lowest BCUT2D eigenvalue weighted by Gasteiger charge is -2.27. The number of piperidine rings is 1. The van der Waals surface area contributed by atoms with Gasteiger partial charge in [0.15, 0.2) is 0 Å². The van der Waals surface area contributed by atoms with Gasteiger partial charge in [-0.05, 0) is 55.1 Å². The molecule has 6 nitrogen and oxygen atoms in total. The van der Waals surface area contributed by atoms with E-state index < -0.39 is 12.1 Å². The van der Waals surface area contributed by atoms with Gasteiger partial charge in [-0.15, -0.1) is 0 Å². The predicted molar refractivity (Wildman–Crippen MR) is 118 cm³/mol. The average Bonchev–Trinajstić information content (AvgIpc) is 2.82. The third-order valence-electron chi connectivity index (χ3n) is 5.39. The van der Waals surface area contributed by atoms with Crippen LogP contribution < -0.4 is 15.4 Å². The summed E-state index contributed by atoms with van der Waals surface area (Å²) in [7, 11) is 0. The summed E-state index contributed by atoms with van der Waals surface area (Å²) in [5.74, 6) is -1.20. The maximum absolute atomic E-state index is 12.4. The van der Waals surface area contributed by atoms with Crippen molar-refractivity contribution < 1.29 is 32.6 Å². The Balaban J connectivity index is 0.000000479. The van der Waals surface area contributed by atoms with Gasteiger partial charge in [-0.1, -0.05) is 49.4 Å². The first-order chi connectivity index (χ1) is 15.7. The van der Waals surface area contributed by atoms with Crippen molar-refractivity contribution in [1.29, 1.82) is 0 Å². The van der Waals surface area contributed by atoms with Crippen molar-refractivity contribution in [1.82, 2.24) is 10.6 Å². The highest BCUT2D eigenvalue weighted by Crippen LogP contribution is 2.22. The first-order valence-corrected chi connectivity index (χ1v) is 10.7. The Labute approximate surface area is 191 Å². The van der Waals surface area contributed by atoms with Crippen LogP contribution in [-0.4, -0.2) is 36.2 Å². The fourth-order valence-electron chi connectivity index (χ4n) is 3.35. The van der Waals surface area contributed by atoms with E-state index in [4.69, 9.17) is 14.6 Å². The van der Waals surface area contributed by atoms with Crippen LogP contribution in [0.3, 0.4) is 0 Å². The zero-order chi connectivity index (χ0) is 24.3. The van der Waals surface area contributed by atoms with Gasteiger partial charge in [-0.25, -0.2) is 4.79 Å². The number of aliphatic carboxylic acids is 1. The van der Waals surface area contributed by atoms with Gasteiger partial charge in [-0.3, -0.25) is 4.79 Å². The molecule has 1 fully saturated rings. The number of carboxylic acid groups (broad SMARTS) is 1. The molecule has 33 heavy (non-hydrogen) atoms. The smallest absolute Gasteiger partial charge is 0.489 e. The van der Waals surface area contributed by atoms with Crippen molar-refractivity contribution in [2.45, 2.75) is 39.1 Å². The standard InChI is InChI=1S/C22H28N2O2.C2HF3O2/c1-17(20-11-13-23-14-12-20)22(25)24-15-18-7-9-21(10-8-18)26-16-19-5-3-2-4-6-19;3-2(4,5)1(6)7/h2-10,17,20,23H,11-16H2,1H3,(H,24,25);(H,6,7). The second kappa shape index (κ2) is 12.8. The van der Waals surface area contributed by atoms with Crippen LogP contribution >= 0.6 is 0 Å². The predicted octanol–water partition coefficient (Wildman–Crippen LogP) is 4.15. The van der Waals surface area contributed by atoms with Crippen molar-refractivity contribution in [3.63, 3.8) is 0 Å². The van der Waals surface area contributed by atoms with Gasteiger partial charge in [0, 0.05) is 12.5 Å². The number of carbonyl (C=O) groups is 2. The molecule has 2 aromatic carbocycles. The Morgan fingerprint density at radius 1 is 1.06 bits per heavy atom. The van der Waals surface area contributed by atoms with Crippen LogP contribution in [0.4, 0.5) is 13.2 Å². The Hall–Kier alpha value is -3.07. The number of benzene rings is 2. The monoisotopic (exact) mass is 466 g/mol. The number of ether oxygens (including phenoxy) is 1. The fraction of sp³-hybridized carbons (Fsp3) is 0.417. The lowest BCUT2D eigenvalue weighted by atomic mass is 9.85. The van der Waals surface area contributed by atoms with Gasteiger partial charge < -0.3 is 20.5 Å². The summed E-state index contributed by atoms with van der Waals surface area (Å²) in [6.07, 6.45) is -2.91. The Morgan fingerprint density at radius 3 is 2.18 bits per heavy atom. The quantitative estimate of drug-likeness (QED) is 0.571. The molecule has 0 aliphatic carbocycles. The number of nitrogens with one attached hydrogen (secondary N) is 2. The Bertz CT molecular complexity index is 868. The molecule has 1 saturated heterocycles. The Morgan fingerprint density at radius 2 is 1.64 bits per heavy atom. The highest BCUT2D eigenvalue weighted by atomic mass is 19.4. The average molecular weight is 467 g/mol. The van der Waals surface area contributed by atoms with Crippen LogP contribution in [0.15, 0.2) is 54.6 Å². The number of hydrogen-bond donors (Lipinski definition) is 3. The molecule has 1 unspecified atom stereocenters. The van der Waals surface area contributed by atoms with E-state index in [2.05, 4.69) is 10.6 Å². The van der Waals surface area contributed by atoms with Crippen molar-refractivity contribution in [2.75, 3.05) is 13.1 Å². The number of carboxylic acids is 1. The minimum atomic E-state index is -5.08. The maximum Gasteiger partial charge on any atom is 0.490 e. The minimum Gasteiger partial charge on any atom is -0.489 e. The van der Waals surface area contributed by atoms with Gasteiger partial charge in [0.25, 0.3) is 0 Å². The molecule has 3 rings (SSSR count). The van der Waals surface area contributed by atoms with Crippen LogP contribution in [0.5, 0.6) is 5.75 Å². The van der Waals surface area contributed by atoms with Crippen LogP contribution in [0.25, 0.3) is 0 Å². The van der Waals surface area contributed by atoms with Crippen molar-refractivity contribution >= 4 is 11.9 Å². The lowest BCUT2D eigenvalue weighted by molar-refractivity contribution is -0.192. The molecule has 0 bridgehead atoms. The van der Waals surface area contributed by atoms with E-state index in [9.17, 15) is 18.0 Å². The molecule has 3 N–H and O–H groups in total. The normalized spacial score (nSPS) is 15.0. The van der Waals surface area contributed by atoms with E-state index in [0.29, 0.717) is 19.1 Å². The summed E-state index contributed by atoms with van der Waals surface area (Å²) in [6.45, 7) is 5.21. The third-order valence-corrected chi connectivity index (χ3v) is 5.39. The van der Waals surface area contributed by atoms with Crippen LogP contribution in [0.1, 0.15) is 30.9 Å². The second-order valence-electron chi connectivity index (χ2n) is 7.82. The van der Waals surface area contributed by atoms with E-state index >= 15 is 0 Å². The number of carbonyl (C=O) groups excluding carboxylic acids is 1. The van der Waals surface area contributed by atoms with Gasteiger partial charge in [0.2, 0.25) is 5.91 Å². The number of alkyl halides is 3. The molecule has 1 heterocycles. The molecular formula is C24H29F3N2O4. The summed E-state index contributed by atoms with van der Waals surface area (Å²) in [5.41, 5.74) is 2.23. The number of amides is 1. The maximum atomic E-state index is 12.4. The molecule has 1 amide bonds. The van der Waals surface area contributed by atoms with E-state index in [1.807, 2.05) is 61.5 Å². The van der Waals surface area contributed by atoms with Crippen LogP contribution in [-0.2, 0) is 22.7 Å². The van der Waals surface area contributed by atoms with Gasteiger partial charge in [0.1, 0.15) is 12.4 Å². The van der Waals surface area contributed by atoms with Crippen LogP contribution in [0, 0.1) is 11.8 Å². The Kier molecular flexibility index (Phi) is 10.2. The highest BCUT2D eigenvalue weighted by molar-refractivity contribution is 5.78. The minimum absolute atomic E-state index is 0.0746.